The zero-order valence-corrected chi connectivity index (χ0v) is 18.7. The summed E-state index contributed by atoms with van der Waals surface area (Å²) in [5.74, 6) is 0.664. The molecule has 1 fully saturated rings. The van der Waals surface area contributed by atoms with Gasteiger partial charge in [-0.1, -0.05) is 23.7 Å². The molecule has 152 valence electrons. The van der Waals surface area contributed by atoms with Gasteiger partial charge in [-0.2, -0.15) is 0 Å². The van der Waals surface area contributed by atoms with E-state index in [1.165, 1.54) is 7.11 Å². The Hall–Kier alpha value is -1.26. The monoisotopic (exact) mass is 510 g/mol. The maximum atomic E-state index is 11.5. The van der Waals surface area contributed by atoms with Gasteiger partial charge >= 0.3 is 6.09 Å². The molecule has 9 heteroatoms. The number of hydrogen-bond donors (Lipinski definition) is 3. The molecule has 1 aromatic rings. The first-order chi connectivity index (χ1) is 12.5. The highest BCUT2D eigenvalue weighted by atomic mass is 127. The summed E-state index contributed by atoms with van der Waals surface area (Å²) in [7, 11) is 1.40. The van der Waals surface area contributed by atoms with Gasteiger partial charge < -0.3 is 25.4 Å². The fourth-order valence-electron chi connectivity index (χ4n) is 2.82. The number of guanidine groups is 1. The summed E-state index contributed by atoms with van der Waals surface area (Å²) in [5.41, 5.74) is 0.778. The van der Waals surface area contributed by atoms with Gasteiger partial charge in [0, 0.05) is 30.7 Å². The first kappa shape index (κ1) is 23.8. The van der Waals surface area contributed by atoms with Crippen LogP contribution in [0.1, 0.15) is 31.4 Å². The van der Waals surface area contributed by atoms with Crippen molar-refractivity contribution in [3.05, 3.63) is 34.9 Å². The summed E-state index contributed by atoms with van der Waals surface area (Å²) < 4.78 is 4.75. The number of nitrogens with zero attached hydrogens (tertiary/aromatic N) is 2. The number of halogens is 2. The van der Waals surface area contributed by atoms with Crippen molar-refractivity contribution in [3.8, 4) is 0 Å². The fourth-order valence-corrected chi connectivity index (χ4v) is 2.94. The average Bonchev–Trinajstić information content (AvgIpc) is 2.66. The molecule has 1 saturated heterocycles. The summed E-state index contributed by atoms with van der Waals surface area (Å²) in [6.07, 6.45) is 0.664. The topological polar surface area (TPSA) is 86.2 Å². The molecule has 0 radical (unpaired) electrons. The highest BCUT2D eigenvalue weighted by Gasteiger charge is 2.23. The number of methoxy groups -OCH3 is 1. The Morgan fingerprint density at radius 3 is 2.56 bits per heavy atom. The van der Waals surface area contributed by atoms with Crippen LogP contribution >= 0.6 is 35.6 Å². The average molecular weight is 511 g/mol. The third-order valence-electron chi connectivity index (χ3n) is 4.29. The van der Waals surface area contributed by atoms with E-state index in [0.717, 1.165) is 24.9 Å². The number of likely N-dealkylation sites (tertiary alicyclic amines) is 1. The summed E-state index contributed by atoms with van der Waals surface area (Å²) in [4.78, 5) is 17.7. The van der Waals surface area contributed by atoms with E-state index < -0.39 is 6.10 Å². The Balaban J connectivity index is 0.00000364. The first-order valence-corrected chi connectivity index (χ1v) is 9.22. The number of piperidine rings is 1. The number of rotatable bonds is 5. The van der Waals surface area contributed by atoms with Crippen LogP contribution in [0.5, 0.6) is 0 Å². The van der Waals surface area contributed by atoms with Crippen molar-refractivity contribution in [2.24, 2.45) is 4.99 Å². The summed E-state index contributed by atoms with van der Waals surface area (Å²) in [5, 5.41) is 17.5. The number of aliphatic imine (C=N–C) groups is 1. The van der Waals surface area contributed by atoms with Crippen LogP contribution in [0.4, 0.5) is 4.79 Å². The number of ether oxygens (including phenoxy) is 1. The van der Waals surface area contributed by atoms with Gasteiger partial charge in [0.15, 0.2) is 5.96 Å². The van der Waals surface area contributed by atoms with Gasteiger partial charge in [-0.05, 0) is 37.5 Å². The molecule has 1 heterocycles. The summed E-state index contributed by atoms with van der Waals surface area (Å²) in [6, 6.07) is 7.32. The lowest BCUT2D eigenvalue weighted by Crippen LogP contribution is -2.49. The molecule has 1 aromatic carbocycles. The van der Waals surface area contributed by atoms with E-state index in [-0.39, 0.29) is 42.7 Å². The third kappa shape index (κ3) is 7.71. The van der Waals surface area contributed by atoms with Crippen molar-refractivity contribution < 1.29 is 14.6 Å². The number of nitrogens with one attached hydrogen (secondary N) is 2. The van der Waals surface area contributed by atoms with Gasteiger partial charge in [0.2, 0.25) is 0 Å². The van der Waals surface area contributed by atoms with E-state index in [4.69, 9.17) is 16.3 Å². The lowest BCUT2D eigenvalue weighted by atomic mass is 10.1. The molecule has 0 spiro atoms. The van der Waals surface area contributed by atoms with Gasteiger partial charge in [-0.15, -0.1) is 24.0 Å². The second kappa shape index (κ2) is 12.2. The molecule has 0 aliphatic carbocycles. The van der Waals surface area contributed by atoms with Crippen molar-refractivity contribution >= 4 is 47.6 Å². The van der Waals surface area contributed by atoms with E-state index in [1.54, 1.807) is 29.2 Å². The number of hydrogen-bond acceptors (Lipinski definition) is 4. The molecule has 0 aromatic heterocycles. The number of carbonyl (C=O) groups is 1. The van der Waals surface area contributed by atoms with Crippen LogP contribution in [-0.4, -0.2) is 61.4 Å². The van der Waals surface area contributed by atoms with Crippen LogP contribution in [0.2, 0.25) is 5.02 Å². The first-order valence-electron chi connectivity index (χ1n) is 8.84. The van der Waals surface area contributed by atoms with E-state index in [2.05, 4.69) is 15.6 Å². The molecule has 0 saturated carbocycles. The molecule has 1 aliphatic rings. The van der Waals surface area contributed by atoms with E-state index >= 15 is 0 Å². The van der Waals surface area contributed by atoms with E-state index in [0.29, 0.717) is 24.1 Å². The van der Waals surface area contributed by atoms with Gasteiger partial charge in [-0.25, -0.2) is 4.79 Å². The zero-order chi connectivity index (χ0) is 18.9. The second-order valence-electron chi connectivity index (χ2n) is 6.16. The summed E-state index contributed by atoms with van der Waals surface area (Å²) >= 11 is 5.87. The molecule has 1 unspecified atom stereocenters. The Bertz CT molecular complexity index is 607. The number of benzene rings is 1. The minimum Gasteiger partial charge on any atom is -0.453 e. The van der Waals surface area contributed by atoms with Crippen LogP contribution in [0.15, 0.2) is 29.3 Å². The van der Waals surface area contributed by atoms with Crippen LogP contribution in [-0.2, 0) is 4.74 Å². The normalized spacial score (nSPS) is 16.3. The minimum atomic E-state index is -0.691. The highest BCUT2D eigenvalue weighted by molar-refractivity contribution is 14.0. The molecule has 2 rings (SSSR count). The van der Waals surface area contributed by atoms with Crippen LogP contribution in [0.25, 0.3) is 0 Å². The standard InChI is InChI=1S/C18H27ClN4O3.HI/c1-3-20-17(21-12-16(24)13-4-6-14(19)7-5-13)22-15-8-10-23(11-9-15)18(25)26-2;/h4-7,15-16,24H,3,8-12H2,1-2H3,(H2,20,21,22);1H. The predicted molar refractivity (Wildman–Crippen MR) is 118 cm³/mol. The largest absolute Gasteiger partial charge is 0.453 e. The maximum absolute atomic E-state index is 11.5. The Kier molecular flexibility index (Phi) is 10.8. The van der Waals surface area contributed by atoms with Crippen molar-refractivity contribution in [3.63, 3.8) is 0 Å². The number of aliphatic hydroxyl groups excluding tert-OH is 1. The van der Waals surface area contributed by atoms with Gasteiger partial charge in [0.25, 0.3) is 0 Å². The molecule has 7 nitrogen and oxygen atoms in total. The van der Waals surface area contributed by atoms with Crippen molar-refractivity contribution in [1.29, 1.82) is 0 Å². The smallest absolute Gasteiger partial charge is 0.409 e. The predicted octanol–water partition coefficient (Wildman–Crippen LogP) is 2.78. The van der Waals surface area contributed by atoms with Crippen molar-refractivity contribution in [1.82, 2.24) is 15.5 Å². The van der Waals surface area contributed by atoms with Crippen LogP contribution in [0, 0.1) is 0 Å². The van der Waals surface area contributed by atoms with Gasteiger partial charge in [-0.3, -0.25) is 4.99 Å². The lowest BCUT2D eigenvalue weighted by molar-refractivity contribution is 0.111. The molecule has 0 bridgehead atoms. The number of amides is 1. The van der Waals surface area contributed by atoms with Crippen molar-refractivity contribution in [2.45, 2.75) is 31.9 Å². The van der Waals surface area contributed by atoms with Gasteiger partial charge in [0.1, 0.15) is 0 Å². The zero-order valence-electron chi connectivity index (χ0n) is 15.7. The molecular weight excluding hydrogens is 483 g/mol. The Morgan fingerprint density at radius 2 is 2.00 bits per heavy atom. The third-order valence-corrected chi connectivity index (χ3v) is 4.54. The fraction of sp³-hybridized carbons (Fsp3) is 0.556. The quantitative estimate of drug-likeness (QED) is 0.322. The lowest BCUT2D eigenvalue weighted by Gasteiger charge is -2.32. The van der Waals surface area contributed by atoms with Crippen LogP contribution in [0.3, 0.4) is 0 Å². The molecule has 3 N–H and O–H groups in total. The number of aliphatic hydroxyl groups is 1. The molecular formula is C18H28ClIN4O3. The maximum Gasteiger partial charge on any atom is 0.409 e. The van der Waals surface area contributed by atoms with Crippen LogP contribution < -0.4 is 10.6 Å². The molecule has 1 amide bonds. The molecule has 27 heavy (non-hydrogen) atoms. The highest BCUT2D eigenvalue weighted by Crippen LogP contribution is 2.17. The molecule has 1 aliphatic heterocycles. The number of carbonyl (C=O) groups excluding carboxylic acids is 1. The Morgan fingerprint density at radius 1 is 1.37 bits per heavy atom. The summed E-state index contributed by atoms with van der Waals surface area (Å²) in [6.45, 7) is 4.27. The Labute approximate surface area is 182 Å². The minimum absolute atomic E-state index is 0. The van der Waals surface area contributed by atoms with E-state index in [1.807, 2.05) is 6.92 Å². The SMILES string of the molecule is CCNC(=NCC(O)c1ccc(Cl)cc1)NC1CCN(C(=O)OC)CC1.I. The van der Waals surface area contributed by atoms with Crippen molar-refractivity contribution in [2.75, 3.05) is 33.3 Å². The van der Waals surface area contributed by atoms with E-state index in [9.17, 15) is 9.90 Å². The molecule has 1 atom stereocenters. The second-order valence-corrected chi connectivity index (χ2v) is 6.60. The van der Waals surface area contributed by atoms with Gasteiger partial charge in [0.05, 0.1) is 19.8 Å².